The van der Waals surface area contributed by atoms with Crippen molar-refractivity contribution in [3.63, 3.8) is 0 Å². The van der Waals surface area contributed by atoms with Gasteiger partial charge < -0.3 is 35.4 Å². The fourth-order valence-electron chi connectivity index (χ4n) is 9.14. The molecule has 0 spiro atoms. The minimum Gasteiger partial charge on any atom is -0.391 e. The third-order valence-corrected chi connectivity index (χ3v) is 14.5. The summed E-state index contributed by atoms with van der Waals surface area (Å²) >= 11 is 7.80. The highest BCUT2D eigenvalue weighted by Crippen LogP contribution is 2.31. The van der Waals surface area contributed by atoms with Crippen molar-refractivity contribution < 1.29 is 29.3 Å². The van der Waals surface area contributed by atoms with Crippen molar-refractivity contribution in [2.75, 3.05) is 31.1 Å². The van der Waals surface area contributed by atoms with E-state index in [0.29, 0.717) is 17.1 Å². The van der Waals surface area contributed by atoms with Gasteiger partial charge in [-0.25, -0.2) is 4.98 Å². The van der Waals surface area contributed by atoms with Crippen LogP contribution >= 0.6 is 22.9 Å². The number of aliphatic hydroxyl groups is 2. The Morgan fingerprint density at radius 1 is 0.971 bits per heavy atom. The number of carbonyl (C=O) groups is 3. The van der Waals surface area contributed by atoms with Gasteiger partial charge in [0.2, 0.25) is 17.7 Å². The van der Waals surface area contributed by atoms with Crippen molar-refractivity contribution in [1.82, 2.24) is 35.6 Å². The van der Waals surface area contributed by atoms with E-state index in [2.05, 4.69) is 37.0 Å². The van der Waals surface area contributed by atoms with Gasteiger partial charge in [0.1, 0.15) is 31.0 Å². The molecule has 2 fully saturated rings. The van der Waals surface area contributed by atoms with Gasteiger partial charge in [-0.05, 0) is 98.9 Å². The Hall–Kier alpha value is -5.67. The number of rotatable bonds is 17. The van der Waals surface area contributed by atoms with Gasteiger partial charge in [0.05, 0.1) is 57.2 Å². The lowest BCUT2D eigenvalue weighted by Gasteiger charge is -2.37. The van der Waals surface area contributed by atoms with Crippen LogP contribution in [0, 0.1) is 29.6 Å². The van der Waals surface area contributed by atoms with E-state index in [9.17, 15) is 29.9 Å². The molecule has 69 heavy (non-hydrogen) atoms. The SMILES string of the molecule is Cc1ncsc1-c1ccc([C@H](C)NC(=O)C2C[C@@H](O)CN2C(=O)[C@@H](NC(=O)COC(C)C2CCN(c3ccc([C@@H](O)N[C@@H](C)Cn4ccc(-c5ccc(C#N)c(Cl)c5)n4)cc3)CC2)C(C)(C)C)cc1. The van der Waals surface area contributed by atoms with Crippen molar-refractivity contribution in [2.24, 2.45) is 11.3 Å². The van der Waals surface area contributed by atoms with Crippen molar-refractivity contribution in [2.45, 2.75) is 117 Å². The van der Waals surface area contributed by atoms with Crippen LogP contribution in [0.3, 0.4) is 0 Å². The minimum absolute atomic E-state index is 0.0129. The van der Waals surface area contributed by atoms with Crippen molar-refractivity contribution in [3.8, 4) is 27.8 Å². The number of ether oxygens (including phenoxy) is 1. The van der Waals surface area contributed by atoms with Crippen LogP contribution in [0.25, 0.3) is 21.7 Å². The number of amides is 3. The van der Waals surface area contributed by atoms with Crippen LogP contribution in [0.15, 0.2) is 84.5 Å². The smallest absolute Gasteiger partial charge is 0.246 e. The first-order chi connectivity index (χ1) is 32.9. The van der Waals surface area contributed by atoms with Crippen LogP contribution in [-0.4, -0.2) is 104 Å². The fourth-order valence-corrected chi connectivity index (χ4v) is 10.2. The molecule has 0 saturated carbocycles. The maximum Gasteiger partial charge on any atom is 0.246 e. The maximum absolute atomic E-state index is 14.2. The molecular formula is C52H64ClN9O6S. The number of hydrogen-bond donors (Lipinski definition) is 5. The summed E-state index contributed by atoms with van der Waals surface area (Å²) in [6, 6.07) is 22.8. The second-order valence-corrected chi connectivity index (χ2v) is 20.8. The lowest BCUT2D eigenvalue weighted by Crippen LogP contribution is -2.58. The molecule has 2 saturated heterocycles. The maximum atomic E-state index is 14.2. The molecule has 5 N–H and O–H groups in total. The zero-order valence-corrected chi connectivity index (χ0v) is 41.9. The first-order valence-electron chi connectivity index (χ1n) is 23.6. The number of nitrogens with one attached hydrogen (secondary N) is 3. The molecule has 7 atom stereocenters. The number of nitriles is 1. The van der Waals surface area contributed by atoms with Crippen molar-refractivity contribution in [1.29, 1.82) is 5.26 Å². The Labute approximate surface area is 413 Å². The number of β-amino-alcohol motifs (C(OH)–C–C–N with tert-alkyl or cyclic N) is 1. The molecule has 2 aliphatic heterocycles. The number of halogens is 1. The summed E-state index contributed by atoms with van der Waals surface area (Å²) in [4.78, 5) is 50.5. The molecule has 4 heterocycles. The van der Waals surface area contributed by atoms with E-state index in [1.54, 1.807) is 28.2 Å². The summed E-state index contributed by atoms with van der Waals surface area (Å²) in [7, 11) is 0. The molecule has 2 aromatic heterocycles. The molecule has 15 nitrogen and oxygen atoms in total. The summed E-state index contributed by atoms with van der Waals surface area (Å²) in [6.45, 7) is 15.3. The topological polar surface area (TPSA) is 198 Å². The fraction of sp³-hybridized carbons (Fsp3) is 0.462. The van der Waals surface area contributed by atoms with Crippen LogP contribution < -0.4 is 20.9 Å². The number of piperidine rings is 1. The molecule has 2 unspecified atom stereocenters. The third-order valence-electron chi connectivity index (χ3n) is 13.2. The Balaban J connectivity index is 0.848. The first kappa shape index (κ1) is 51.2. The number of aryl methyl sites for hydroxylation is 1. The highest BCUT2D eigenvalue weighted by atomic mass is 35.5. The Morgan fingerprint density at radius 2 is 1.65 bits per heavy atom. The summed E-state index contributed by atoms with van der Waals surface area (Å²) in [5.41, 5.74) is 7.82. The van der Waals surface area contributed by atoms with Gasteiger partial charge in [0.25, 0.3) is 0 Å². The Morgan fingerprint density at radius 3 is 2.29 bits per heavy atom. The molecular weight excluding hydrogens is 914 g/mol. The van der Waals surface area contributed by atoms with Gasteiger partial charge in [-0.15, -0.1) is 11.3 Å². The van der Waals surface area contributed by atoms with Crippen LogP contribution in [0.5, 0.6) is 0 Å². The van der Waals surface area contributed by atoms with E-state index >= 15 is 0 Å². The molecule has 366 valence electrons. The third kappa shape index (κ3) is 12.8. The summed E-state index contributed by atoms with van der Waals surface area (Å²) < 4.78 is 7.93. The van der Waals surface area contributed by atoms with Crippen LogP contribution in [-0.2, 0) is 25.7 Å². The van der Waals surface area contributed by atoms with Gasteiger partial charge in [0.15, 0.2) is 0 Å². The average molecular weight is 979 g/mol. The molecule has 3 amide bonds. The Kier molecular flexibility index (Phi) is 16.6. The molecule has 0 bridgehead atoms. The number of benzene rings is 3. The van der Waals surface area contributed by atoms with E-state index in [1.807, 2.05) is 121 Å². The number of likely N-dealkylation sites (tertiary alicyclic amines) is 1. The number of aromatic nitrogens is 3. The molecule has 0 radical (unpaired) electrons. The summed E-state index contributed by atoms with van der Waals surface area (Å²) in [5, 5.41) is 45.1. The lowest BCUT2D eigenvalue weighted by atomic mass is 9.85. The zero-order chi connectivity index (χ0) is 49.6. The van der Waals surface area contributed by atoms with Gasteiger partial charge in [0, 0.05) is 49.5 Å². The standard InChI is InChI=1S/C52H64ClN9O6S/c1-31(27-61-23-20-44(59-61)39-12-13-40(26-54)43(53)24-39)56-49(65)38-14-16-41(17-15-38)60-21-18-36(19-22-60)34(4)68-29-46(64)58-48(52(5,6)7)51(67)62-28-42(63)25-45(62)50(66)57-32(2)35-8-10-37(11-9-35)47-33(3)55-30-69-47/h8-17,20,23-24,30-32,34,36,42,45,48-49,56,63,65H,18-19,21-22,25,27-29H2,1-7H3,(H,57,66)(H,58,64)/t31-,32-,34?,42+,45?,48+,49+/m0/s1. The molecule has 0 aliphatic carbocycles. The van der Waals surface area contributed by atoms with E-state index in [4.69, 9.17) is 16.3 Å². The quantitative estimate of drug-likeness (QED) is 0.0593. The first-order valence-corrected chi connectivity index (χ1v) is 24.9. The minimum atomic E-state index is -0.960. The van der Waals surface area contributed by atoms with E-state index in [-0.39, 0.29) is 49.6 Å². The van der Waals surface area contributed by atoms with Crippen LogP contribution in [0.1, 0.15) is 95.5 Å². The predicted octanol–water partition coefficient (Wildman–Crippen LogP) is 7.17. The lowest BCUT2D eigenvalue weighted by molar-refractivity contribution is -0.145. The van der Waals surface area contributed by atoms with Crippen molar-refractivity contribution >= 4 is 46.3 Å². The monoisotopic (exact) mass is 977 g/mol. The van der Waals surface area contributed by atoms with E-state index < -0.39 is 41.6 Å². The van der Waals surface area contributed by atoms with Gasteiger partial charge >= 0.3 is 0 Å². The average Bonchev–Trinajstić information content (AvgIpc) is 4.09. The molecule has 7 rings (SSSR count). The van der Waals surface area contributed by atoms with E-state index in [1.165, 1.54) is 4.90 Å². The van der Waals surface area contributed by atoms with Crippen LogP contribution in [0.2, 0.25) is 5.02 Å². The largest absolute Gasteiger partial charge is 0.391 e. The molecule has 17 heteroatoms. The summed E-state index contributed by atoms with van der Waals surface area (Å²) in [6.07, 6.45) is 1.74. The number of carbonyl (C=O) groups excluding carboxylic acids is 3. The predicted molar refractivity (Wildman–Crippen MR) is 268 cm³/mol. The Bertz CT molecular complexity index is 2600. The van der Waals surface area contributed by atoms with Crippen LogP contribution in [0.4, 0.5) is 5.69 Å². The highest BCUT2D eigenvalue weighted by Gasteiger charge is 2.45. The van der Waals surface area contributed by atoms with Gasteiger partial charge in [-0.2, -0.15) is 10.4 Å². The number of nitrogens with zero attached hydrogens (tertiary/aromatic N) is 6. The van der Waals surface area contributed by atoms with Crippen molar-refractivity contribution in [3.05, 3.63) is 112 Å². The van der Waals surface area contributed by atoms with Gasteiger partial charge in [-0.3, -0.25) is 24.4 Å². The number of thiazole rings is 1. The molecule has 5 aromatic rings. The number of aliphatic hydroxyl groups excluding tert-OH is 2. The second-order valence-electron chi connectivity index (χ2n) is 19.5. The zero-order valence-electron chi connectivity index (χ0n) is 40.4. The number of hydrogen-bond acceptors (Lipinski definition) is 12. The second kappa shape index (κ2) is 22.4. The normalized spacial score (nSPS) is 18.8. The molecule has 2 aliphatic rings. The summed E-state index contributed by atoms with van der Waals surface area (Å²) in [5.74, 6) is -0.989. The highest BCUT2D eigenvalue weighted by molar-refractivity contribution is 7.13. The van der Waals surface area contributed by atoms with E-state index in [0.717, 1.165) is 70.1 Å². The van der Waals surface area contributed by atoms with Gasteiger partial charge in [-0.1, -0.05) is 74.8 Å². The number of anilines is 1. The molecule has 3 aromatic carbocycles.